The molecule has 5 nitrogen and oxygen atoms in total. The Balaban J connectivity index is 1.62. The van der Waals surface area contributed by atoms with Gasteiger partial charge in [0.2, 0.25) is 0 Å². The molecule has 2 aromatic carbocycles. The van der Waals surface area contributed by atoms with Gasteiger partial charge in [-0.05, 0) is 42.7 Å². The second-order valence-electron chi connectivity index (χ2n) is 7.23. The maximum Gasteiger partial charge on any atom is 0.251 e. The Labute approximate surface area is 166 Å². The average Bonchev–Trinajstić information content (AvgIpc) is 3.08. The Morgan fingerprint density at radius 2 is 2.04 bits per heavy atom. The van der Waals surface area contributed by atoms with Gasteiger partial charge in [0.05, 0.1) is 18.1 Å². The molecular formula is C23H29N3O2. The second-order valence-corrected chi connectivity index (χ2v) is 7.23. The quantitative estimate of drug-likeness (QED) is 0.559. The predicted octanol–water partition coefficient (Wildman–Crippen LogP) is 4.45. The van der Waals surface area contributed by atoms with E-state index in [0.717, 1.165) is 37.1 Å². The molecule has 1 aromatic heterocycles. The fourth-order valence-corrected chi connectivity index (χ4v) is 3.28. The van der Waals surface area contributed by atoms with Crippen LogP contribution in [0.4, 0.5) is 0 Å². The zero-order valence-corrected chi connectivity index (χ0v) is 16.9. The minimum Gasteiger partial charge on any atom is -0.497 e. The molecule has 0 saturated carbocycles. The van der Waals surface area contributed by atoms with Gasteiger partial charge in [0.1, 0.15) is 11.6 Å². The van der Waals surface area contributed by atoms with Crippen LogP contribution in [-0.2, 0) is 13.0 Å². The van der Waals surface area contributed by atoms with Crippen molar-refractivity contribution in [3.8, 4) is 5.75 Å². The molecule has 0 aliphatic carbocycles. The summed E-state index contributed by atoms with van der Waals surface area (Å²) in [5, 5.41) is 2.99. The van der Waals surface area contributed by atoms with Crippen LogP contribution in [0, 0.1) is 5.92 Å². The van der Waals surface area contributed by atoms with E-state index in [9.17, 15) is 4.79 Å². The van der Waals surface area contributed by atoms with E-state index in [2.05, 4.69) is 41.9 Å². The third-order valence-corrected chi connectivity index (χ3v) is 5.12. The molecule has 0 saturated heterocycles. The second kappa shape index (κ2) is 9.40. The Kier molecular flexibility index (Phi) is 6.69. The van der Waals surface area contributed by atoms with E-state index in [4.69, 9.17) is 9.72 Å². The molecule has 3 rings (SSSR count). The van der Waals surface area contributed by atoms with Crippen molar-refractivity contribution in [2.24, 2.45) is 5.92 Å². The van der Waals surface area contributed by atoms with Crippen LogP contribution in [0.2, 0.25) is 0 Å². The molecule has 5 heteroatoms. The Hall–Kier alpha value is -2.82. The molecule has 1 amide bonds. The van der Waals surface area contributed by atoms with Gasteiger partial charge in [0, 0.05) is 25.1 Å². The lowest BCUT2D eigenvalue weighted by molar-refractivity contribution is 0.0953. The van der Waals surface area contributed by atoms with Crippen molar-refractivity contribution >= 4 is 16.9 Å². The first kappa shape index (κ1) is 19.9. The summed E-state index contributed by atoms with van der Waals surface area (Å²) in [7, 11) is 1.60. The van der Waals surface area contributed by atoms with Crippen molar-refractivity contribution in [3.63, 3.8) is 0 Å². The van der Waals surface area contributed by atoms with Crippen molar-refractivity contribution in [3.05, 3.63) is 59.9 Å². The van der Waals surface area contributed by atoms with E-state index in [1.807, 2.05) is 18.2 Å². The number of methoxy groups -OCH3 is 1. The van der Waals surface area contributed by atoms with Gasteiger partial charge < -0.3 is 14.6 Å². The lowest BCUT2D eigenvalue weighted by Crippen LogP contribution is -2.25. The number of benzene rings is 2. The zero-order chi connectivity index (χ0) is 19.9. The van der Waals surface area contributed by atoms with Crippen LogP contribution in [0.3, 0.4) is 0 Å². The number of amides is 1. The van der Waals surface area contributed by atoms with E-state index in [-0.39, 0.29) is 5.91 Å². The highest BCUT2D eigenvalue weighted by molar-refractivity contribution is 5.94. The lowest BCUT2D eigenvalue weighted by atomic mass is 10.1. The van der Waals surface area contributed by atoms with Gasteiger partial charge in [-0.2, -0.15) is 0 Å². The van der Waals surface area contributed by atoms with E-state index in [1.54, 1.807) is 19.2 Å². The maximum atomic E-state index is 12.3. The van der Waals surface area contributed by atoms with Crippen LogP contribution in [0.15, 0.2) is 48.5 Å². The number of hydrogen-bond acceptors (Lipinski definition) is 3. The van der Waals surface area contributed by atoms with Gasteiger partial charge in [-0.25, -0.2) is 4.98 Å². The number of carbonyl (C=O) groups excluding carboxylic acids is 1. The average molecular weight is 380 g/mol. The third kappa shape index (κ3) is 4.71. The Morgan fingerprint density at radius 1 is 1.21 bits per heavy atom. The van der Waals surface area contributed by atoms with Crippen LogP contribution >= 0.6 is 0 Å². The topological polar surface area (TPSA) is 56.2 Å². The smallest absolute Gasteiger partial charge is 0.251 e. The third-order valence-electron chi connectivity index (χ3n) is 5.12. The molecule has 0 radical (unpaired) electrons. The molecule has 0 spiro atoms. The summed E-state index contributed by atoms with van der Waals surface area (Å²) < 4.78 is 7.52. The highest BCUT2D eigenvalue weighted by Crippen LogP contribution is 2.20. The molecule has 1 unspecified atom stereocenters. The molecular weight excluding hydrogens is 350 g/mol. The lowest BCUT2D eigenvalue weighted by Gasteiger charge is -2.14. The normalized spacial score (nSPS) is 12.1. The zero-order valence-electron chi connectivity index (χ0n) is 16.9. The number of carbonyl (C=O) groups is 1. The molecule has 0 aliphatic rings. The predicted molar refractivity (Wildman–Crippen MR) is 113 cm³/mol. The van der Waals surface area contributed by atoms with E-state index in [0.29, 0.717) is 23.8 Å². The van der Waals surface area contributed by atoms with E-state index in [1.165, 1.54) is 5.52 Å². The van der Waals surface area contributed by atoms with Crippen molar-refractivity contribution < 1.29 is 9.53 Å². The first-order chi connectivity index (χ1) is 13.6. The fourth-order valence-electron chi connectivity index (χ4n) is 3.28. The van der Waals surface area contributed by atoms with Gasteiger partial charge in [-0.15, -0.1) is 0 Å². The van der Waals surface area contributed by atoms with E-state index >= 15 is 0 Å². The fraction of sp³-hybridized carbons (Fsp3) is 0.391. The van der Waals surface area contributed by atoms with Gasteiger partial charge >= 0.3 is 0 Å². The number of nitrogens with zero attached hydrogens (tertiary/aromatic N) is 2. The summed E-state index contributed by atoms with van der Waals surface area (Å²) in [6.45, 7) is 6.08. The van der Waals surface area contributed by atoms with Crippen LogP contribution in [0.5, 0.6) is 5.75 Å². The van der Waals surface area contributed by atoms with Crippen LogP contribution in [0.1, 0.15) is 42.9 Å². The number of nitrogens with one attached hydrogen (secondary N) is 1. The van der Waals surface area contributed by atoms with Crippen LogP contribution in [-0.4, -0.2) is 29.1 Å². The standard InChI is InChI=1S/C23H29N3O2/c1-4-17(2)16-26-21-12-6-5-11-20(21)25-22(26)13-8-14-24-23(27)18-9-7-10-19(15-18)28-3/h5-7,9-12,15,17H,4,8,13-14,16H2,1-3H3,(H,24,27). The van der Waals surface area contributed by atoms with E-state index < -0.39 is 0 Å². The van der Waals surface area contributed by atoms with Gasteiger partial charge in [0.15, 0.2) is 0 Å². The molecule has 1 atom stereocenters. The van der Waals surface area contributed by atoms with Gasteiger partial charge in [0.25, 0.3) is 5.91 Å². The number of aryl methyl sites for hydroxylation is 1. The minimum absolute atomic E-state index is 0.0768. The number of fused-ring (bicyclic) bond motifs is 1. The summed E-state index contributed by atoms with van der Waals surface area (Å²) in [4.78, 5) is 17.2. The molecule has 3 aromatic rings. The minimum atomic E-state index is -0.0768. The monoisotopic (exact) mass is 379 g/mol. The Morgan fingerprint density at radius 3 is 2.82 bits per heavy atom. The summed E-state index contributed by atoms with van der Waals surface area (Å²) in [6.07, 6.45) is 2.82. The molecule has 0 bridgehead atoms. The van der Waals surface area contributed by atoms with Crippen molar-refractivity contribution in [2.75, 3.05) is 13.7 Å². The number of imidazole rings is 1. The van der Waals surface area contributed by atoms with Crippen molar-refractivity contribution in [1.29, 1.82) is 0 Å². The molecule has 28 heavy (non-hydrogen) atoms. The molecule has 1 heterocycles. The molecule has 0 fully saturated rings. The number of aromatic nitrogens is 2. The highest BCUT2D eigenvalue weighted by Gasteiger charge is 2.13. The largest absolute Gasteiger partial charge is 0.497 e. The molecule has 1 N–H and O–H groups in total. The van der Waals surface area contributed by atoms with Crippen LogP contribution < -0.4 is 10.1 Å². The Bertz CT molecular complexity index is 932. The molecule has 148 valence electrons. The van der Waals surface area contributed by atoms with Gasteiger partial charge in [-0.3, -0.25) is 4.79 Å². The summed E-state index contributed by atoms with van der Waals surface area (Å²) in [5.41, 5.74) is 2.85. The first-order valence-electron chi connectivity index (χ1n) is 9.98. The first-order valence-corrected chi connectivity index (χ1v) is 9.98. The van der Waals surface area contributed by atoms with Crippen molar-refractivity contribution in [1.82, 2.24) is 14.9 Å². The molecule has 0 aliphatic heterocycles. The highest BCUT2D eigenvalue weighted by atomic mass is 16.5. The summed E-state index contributed by atoms with van der Waals surface area (Å²) in [5.74, 6) is 2.31. The summed E-state index contributed by atoms with van der Waals surface area (Å²) in [6, 6.07) is 15.5. The SMILES string of the molecule is CCC(C)Cn1c(CCCNC(=O)c2cccc(OC)c2)nc2ccccc21. The van der Waals surface area contributed by atoms with Gasteiger partial charge in [-0.1, -0.05) is 38.5 Å². The van der Waals surface area contributed by atoms with Crippen molar-refractivity contribution in [2.45, 2.75) is 39.7 Å². The summed E-state index contributed by atoms with van der Waals surface area (Å²) >= 11 is 0. The number of rotatable bonds is 9. The number of para-hydroxylation sites is 2. The number of hydrogen-bond donors (Lipinski definition) is 1. The number of ether oxygens (including phenoxy) is 1. The van der Waals surface area contributed by atoms with Crippen LogP contribution in [0.25, 0.3) is 11.0 Å². The maximum absolute atomic E-state index is 12.3.